The van der Waals surface area contributed by atoms with E-state index in [1.807, 2.05) is 0 Å². The van der Waals surface area contributed by atoms with Crippen LogP contribution in [0.2, 0.25) is 0 Å². The van der Waals surface area contributed by atoms with E-state index in [1.54, 1.807) is 0 Å². The lowest BCUT2D eigenvalue weighted by molar-refractivity contribution is 0.516. The molecule has 0 fully saturated rings. The van der Waals surface area contributed by atoms with E-state index in [-0.39, 0.29) is 5.92 Å². The second-order valence-corrected chi connectivity index (χ2v) is 3.26. The summed E-state index contributed by atoms with van der Waals surface area (Å²) in [6, 6.07) is 2.24. The SMILES string of the molecule is CC(C)C[C@@H](C#N)CBr. The van der Waals surface area contributed by atoms with Gasteiger partial charge >= 0.3 is 0 Å². The van der Waals surface area contributed by atoms with E-state index in [1.165, 1.54) is 0 Å². The van der Waals surface area contributed by atoms with E-state index in [0.29, 0.717) is 5.92 Å². The zero-order chi connectivity index (χ0) is 7.28. The number of nitriles is 1. The van der Waals surface area contributed by atoms with Gasteiger partial charge in [0, 0.05) is 5.33 Å². The summed E-state index contributed by atoms with van der Waals surface area (Å²) in [4.78, 5) is 0. The van der Waals surface area contributed by atoms with E-state index < -0.39 is 0 Å². The van der Waals surface area contributed by atoms with Gasteiger partial charge in [-0.25, -0.2) is 0 Å². The van der Waals surface area contributed by atoms with Gasteiger partial charge in [0.2, 0.25) is 0 Å². The molecule has 0 bridgehead atoms. The van der Waals surface area contributed by atoms with Crippen LogP contribution in [0.4, 0.5) is 0 Å². The lowest BCUT2D eigenvalue weighted by Crippen LogP contribution is -2.02. The first-order valence-electron chi connectivity index (χ1n) is 3.16. The molecule has 0 spiro atoms. The minimum Gasteiger partial charge on any atom is -0.198 e. The molecule has 52 valence electrons. The van der Waals surface area contributed by atoms with Gasteiger partial charge in [-0.3, -0.25) is 0 Å². The Morgan fingerprint density at radius 2 is 2.11 bits per heavy atom. The van der Waals surface area contributed by atoms with Crippen LogP contribution in [0.15, 0.2) is 0 Å². The lowest BCUT2D eigenvalue weighted by Gasteiger charge is -2.06. The van der Waals surface area contributed by atoms with Crippen molar-refractivity contribution >= 4 is 15.9 Å². The Hall–Kier alpha value is -0.0300. The molecule has 0 N–H and O–H groups in total. The van der Waals surface area contributed by atoms with Crippen LogP contribution in [-0.2, 0) is 0 Å². The molecule has 0 aliphatic rings. The van der Waals surface area contributed by atoms with E-state index in [0.717, 1.165) is 11.8 Å². The number of nitrogens with zero attached hydrogens (tertiary/aromatic N) is 1. The maximum absolute atomic E-state index is 8.49. The van der Waals surface area contributed by atoms with Crippen LogP contribution in [-0.4, -0.2) is 5.33 Å². The smallest absolute Gasteiger partial charge is 0.0664 e. The fourth-order valence-electron chi connectivity index (χ4n) is 0.719. The van der Waals surface area contributed by atoms with E-state index >= 15 is 0 Å². The van der Waals surface area contributed by atoms with Gasteiger partial charge in [-0.15, -0.1) is 0 Å². The van der Waals surface area contributed by atoms with Crippen molar-refractivity contribution in [3.8, 4) is 6.07 Å². The van der Waals surface area contributed by atoms with Crippen LogP contribution in [0.25, 0.3) is 0 Å². The van der Waals surface area contributed by atoms with Gasteiger partial charge in [-0.05, 0) is 12.3 Å². The van der Waals surface area contributed by atoms with E-state index in [9.17, 15) is 0 Å². The highest BCUT2D eigenvalue weighted by Gasteiger charge is 2.06. The Kier molecular flexibility index (Phi) is 4.80. The molecule has 0 aromatic carbocycles. The predicted molar refractivity (Wildman–Crippen MR) is 42.4 cm³/mol. The normalized spacial score (nSPS) is 13.2. The Balaban J connectivity index is 3.47. The first kappa shape index (κ1) is 8.97. The molecule has 0 saturated heterocycles. The minimum absolute atomic E-state index is 0.199. The van der Waals surface area contributed by atoms with Gasteiger partial charge in [0.05, 0.1) is 12.0 Å². The zero-order valence-electron chi connectivity index (χ0n) is 5.89. The molecule has 1 atom stereocenters. The minimum atomic E-state index is 0.199. The molecule has 2 heteroatoms. The molecular formula is C7H12BrN. The first-order chi connectivity index (χ1) is 4.20. The largest absolute Gasteiger partial charge is 0.198 e. The highest BCUT2D eigenvalue weighted by molar-refractivity contribution is 9.09. The first-order valence-corrected chi connectivity index (χ1v) is 4.28. The summed E-state index contributed by atoms with van der Waals surface area (Å²) in [5, 5.41) is 9.30. The number of alkyl halides is 1. The van der Waals surface area contributed by atoms with Crippen molar-refractivity contribution in [1.29, 1.82) is 5.26 Å². The zero-order valence-corrected chi connectivity index (χ0v) is 7.48. The Morgan fingerprint density at radius 3 is 2.22 bits per heavy atom. The van der Waals surface area contributed by atoms with E-state index in [2.05, 4.69) is 35.8 Å². The van der Waals surface area contributed by atoms with Crippen LogP contribution in [0.5, 0.6) is 0 Å². The van der Waals surface area contributed by atoms with E-state index in [4.69, 9.17) is 5.26 Å². The maximum atomic E-state index is 8.49. The molecule has 0 aliphatic carbocycles. The summed E-state index contributed by atoms with van der Waals surface area (Å²) in [5.74, 6) is 0.831. The van der Waals surface area contributed by atoms with Crippen LogP contribution < -0.4 is 0 Å². The van der Waals surface area contributed by atoms with Crippen molar-refractivity contribution in [2.75, 3.05) is 5.33 Å². The average molecular weight is 190 g/mol. The molecule has 0 aromatic heterocycles. The highest BCUT2D eigenvalue weighted by Crippen LogP contribution is 2.12. The van der Waals surface area contributed by atoms with Gasteiger partial charge in [-0.2, -0.15) is 5.26 Å². The Bertz CT molecular complexity index is 104. The Labute approximate surface area is 65.2 Å². The molecule has 0 rings (SSSR count). The number of hydrogen-bond donors (Lipinski definition) is 0. The quantitative estimate of drug-likeness (QED) is 0.627. The van der Waals surface area contributed by atoms with Gasteiger partial charge in [0.1, 0.15) is 0 Å². The lowest BCUT2D eigenvalue weighted by atomic mass is 10.0. The standard InChI is InChI=1S/C7H12BrN/c1-6(2)3-7(4-8)5-9/h6-7H,3-4H2,1-2H3/t7-/m1/s1. The second kappa shape index (κ2) is 4.81. The van der Waals surface area contributed by atoms with Gasteiger partial charge in [0.25, 0.3) is 0 Å². The molecule has 0 aromatic rings. The molecule has 0 amide bonds. The summed E-state index contributed by atoms with van der Waals surface area (Å²) in [6.07, 6.45) is 1.00. The van der Waals surface area contributed by atoms with Crippen molar-refractivity contribution in [2.45, 2.75) is 20.3 Å². The third-order valence-corrected chi connectivity index (χ3v) is 1.91. The summed E-state index contributed by atoms with van der Waals surface area (Å²) in [7, 11) is 0. The fourth-order valence-corrected chi connectivity index (χ4v) is 1.13. The molecule has 0 heterocycles. The number of halogens is 1. The maximum Gasteiger partial charge on any atom is 0.0664 e. The molecular weight excluding hydrogens is 178 g/mol. The van der Waals surface area contributed by atoms with Crippen molar-refractivity contribution < 1.29 is 0 Å². The molecule has 9 heavy (non-hydrogen) atoms. The highest BCUT2D eigenvalue weighted by atomic mass is 79.9. The van der Waals surface area contributed by atoms with Crippen LogP contribution in [0.3, 0.4) is 0 Å². The topological polar surface area (TPSA) is 23.8 Å². The summed E-state index contributed by atoms with van der Waals surface area (Å²) in [6.45, 7) is 4.26. The van der Waals surface area contributed by atoms with Gasteiger partial charge in [0.15, 0.2) is 0 Å². The summed E-state index contributed by atoms with van der Waals surface area (Å²) < 4.78 is 0. The number of hydrogen-bond acceptors (Lipinski definition) is 1. The molecule has 1 nitrogen and oxygen atoms in total. The van der Waals surface area contributed by atoms with Crippen LogP contribution >= 0.6 is 15.9 Å². The third-order valence-electron chi connectivity index (χ3n) is 1.12. The second-order valence-electron chi connectivity index (χ2n) is 2.61. The van der Waals surface area contributed by atoms with Crippen molar-refractivity contribution in [3.63, 3.8) is 0 Å². The molecule has 0 radical (unpaired) electrons. The van der Waals surface area contributed by atoms with Crippen molar-refractivity contribution in [3.05, 3.63) is 0 Å². The summed E-state index contributed by atoms with van der Waals surface area (Å²) in [5.41, 5.74) is 0. The van der Waals surface area contributed by atoms with Gasteiger partial charge in [-0.1, -0.05) is 29.8 Å². The fraction of sp³-hybridized carbons (Fsp3) is 0.857. The average Bonchev–Trinajstić information content (AvgIpc) is 1.82. The van der Waals surface area contributed by atoms with Crippen LogP contribution in [0.1, 0.15) is 20.3 Å². The monoisotopic (exact) mass is 189 g/mol. The Morgan fingerprint density at radius 1 is 1.56 bits per heavy atom. The molecule has 0 saturated carbocycles. The van der Waals surface area contributed by atoms with Crippen molar-refractivity contribution in [1.82, 2.24) is 0 Å². The van der Waals surface area contributed by atoms with Crippen molar-refractivity contribution in [2.24, 2.45) is 11.8 Å². The summed E-state index contributed by atoms with van der Waals surface area (Å²) >= 11 is 3.28. The molecule has 0 aliphatic heterocycles. The third kappa shape index (κ3) is 4.47. The number of rotatable bonds is 3. The van der Waals surface area contributed by atoms with Crippen LogP contribution in [0, 0.1) is 23.2 Å². The van der Waals surface area contributed by atoms with Gasteiger partial charge < -0.3 is 0 Å². The predicted octanol–water partition coefficient (Wildman–Crippen LogP) is 2.57. The molecule has 0 unspecified atom stereocenters.